The van der Waals surface area contributed by atoms with Crippen LogP contribution < -0.4 is 9.64 Å². The van der Waals surface area contributed by atoms with Gasteiger partial charge in [-0.05, 0) is 58.0 Å². The minimum atomic E-state index is -0.550. The summed E-state index contributed by atoms with van der Waals surface area (Å²) in [6.07, 6.45) is 2.83. The van der Waals surface area contributed by atoms with E-state index in [0.29, 0.717) is 5.69 Å². The van der Waals surface area contributed by atoms with Crippen LogP contribution in [0.25, 0.3) is 0 Å². The van der Waals surface area contributed by atoms with E-state index in [1.807, 2.05) is 27.7 Å². The van der Waals surface area contributed by atoms with E-state index in [0.717, 1.165) is 5.75 Å². The molecule has 0 saturated carbocycles. The second-order valence-electron chi connectivity index (χ2n) is 5.13. The summed E-state index contributed by atoms with van der Waals surface area (Å²) in [5.41, 5.74) is 3.03. The van der Waals surface area contributed by atoms with Crippen LogP contribution >= 0.6 is 0 Å². The molecule has 20 heavy (non-hydrogen) atoms. The van der Waals surface area contributed by atoms with Crippen LogP contribution in [0.1, 0.15) is 27.7 Å². The molecular weight excluding hydrogens is 254 g/mol. The van der Waals surface area contributed by atoms with E-state index < -0.39 is 11.7 Å². The Kier molecular flexibility index (Phi) is 5.42. The number of ether oxygens (including phenoxy) is 2. The van der Waals surface area contributed by atoms with Crippen LogP contribution in [0.3, 0.4) is 0 Å². The van der Waals surface area contributed by atoms with Gasteiger partial charge in [-0.1, -0.05) is 0 Å². The van der Waals surface area contributed by atoms with Crippen LogP contribution in [0.2, 0.25) is 0 Å². The molecule has 0 unspecified atom stereocenters. The fourth-order valence-corrected chi connectivity index (χ4v) is 1.44. The highest BCUT2D eigenvalue weighted by Gasteiger charge is 2.21. The van der Waals surface area contributed by atoms with Gasteiger partial charge in [0.15, 0.2) is 0 Å². The lowest BCUT2D eigenvalue weighted by Gasteiger charge is -2.24. The SMILES string of the molecule is CC=C=CN(C(=O)OC(C)(C)C)c1ccc(OC)cc1. The average molecular weight is 275 g/mol. The molecule has 1 aromatic rings. The summed E-state index contributed by atoms with van der Waals surface area (Å²) >= 11 is 0. The van der Waals surface area contributed by atoms with Crippen LogP contribution in [-0.4, -0.2) is 18.8 Å². The molecule has 1 amide bonds. The maximum Gasteiger partial charge on any atom is 0.419 e. The minimum Gasteiger partial charge on any atom is -0.497 e. The molecule has 0 spiro atoms. The van der Waals surface area contributed by atoms with Crippen LogP contribution in [0.15, 0.2) is 42.3 Å². The third-order valence-corrected chi connectivity index (χ3v) is 2.31. The highest BCUT2D eigenvalue weighted by Crippen LogP contribution is 2.21. The van der Waals surface area contributed by atoms with Crippen LogP contribution in [0.5, 0.6) is 5.75 Å². The van der Waals surface area contributed by atoms with E-state index in [-0.39, 0.29) is 0 Å². The zero-order valence-corrected chi connectivity index (χ0v) is 12.6. The Labute approximate surface area is 120 Å². The van der Waals surface area contributed by atoms with Gasteiger partial charge in [-0.2, -0.15) is 0 Å². The first-order valence-electron chi connectivity index (χ1n) is 6.41. The van der Waals surface area contributed by atoms with E-state index in [1.165, 1.54) is 4.90 Å². The molecule has 0 radical (unpaired) electrons. The molecule has 1 aromatic carbocycles. The van der Waals surface area contributed by atoms with Crippen molar-refractivity contribution in [2.24, 2.45) is 0 Å². The number of nitrogens with zero attached hydrogens (tertiary/aromatic N) is 1. The number of benzene rings is 1. The van der Waals surface area contributed by atoms with E-state index in [4.69, 9.17) is 9.47 Å². The molecule has 0 bridgehead atoms. The lowest BCUT2D eigenvalue weighted by atomic mass is 10.2. The first kappa shape index (κ1) is 15.9. The third kappa shape index (κ3) is 4.82. The highest BCUT2D eigenvalue weighted by molar-refractivity contribution is 5.89. The molecule has 0 N–H and O–H groups in total. The molecule has 0 atom stereocenters. The van der Waals surface area contributed by atoms with E-state index >= 15 is 0 Å². The van der Waals surface area contributed by atoms with E-state index in [1.54, 1.807) is 43.7 Å². The number of allylic oxidation sites excluding steroid dienone is 1. The van der Waals surface area contributed by atoms with Crippen molar-refractivity contribution in [3.05, 3.63) is 42.3 Å². The van der Waals surface area contributed by atoms with Crippen molar-refractivity contribution in [3.63, 3.8) is 0 Å². The number of carbonyl (C=O) groups excluding carboxylic acids is 1. The predicted octanol–water partition coefficient (Wildman–Crippen LogP) is 4.13. The normalized spacial score (nSPS) is 10.2. The molecule has 0 aliphatic heterocycles. The smallest absolute Gasteiger partial charge is 0.419 e. The summed E-state index contributed by atoms with van der Waals surface area (Å²) in [4.78, 5) is 13.6. The van der Waals surface area contributed by atoms with Gasteiger partial charge in [0.2, 0.25) is 0 Å². The lowest BCUT2D eigenvalue weighted by Crippen LogP contribution is -2.33. The van der Waals surface area contributed by atoms with Crippen molar-refractivity contribution in [2.75, 3.05) is 12.0 Å². The van der Waals surface area contributed by atoms with Gasteiger partial charge >= 0.3 is 6.09 Å². The number of hydrogen-bond donors (Lipinski definition) is 0. The molecule has 0 aliphatic rings. The fraction of sp³-hybridized carbons (Fsp3) is 0.375. The third-order valence-electron chi connectivity index (χ3n) is 2.31. The maximum atomic E-state index is 12.2. The quantitative estimate of drug-likeness (QED) is 0.779. The summed E-state index contributed by atoms with van der Waals surface area (Å²) in [6.45, 7) is 7.32. The largest absolute Gasteiger partial charge is 0.497 e. The zero-order chi connectivity index (χ0) is 15.2. The van der Waals surface area contributed by atoms with E-state index in [2.05, 4.69) is 5.73 Å². The Morgan fingerprint density at radius 1 is 1.25 bits per heavy atom. The molecule has 4 heteroatoms. The summed E-state index contributed by atoms with van der Waals surface area (Å²) in [7, 11) is 1.60. The van der Waals surface area contributed by atoms with Gasteiger partial charge in [-0.3, -0.25) is 0 Å². The monoisotopic (exact) mass is 275 g/mol. The van der Waals surface area contributed by atoms with Crippen LogP contribution in [0.4, 0.5) is 10.5 Å². The van der Waals surface area contributed by atoms with E-state index in [9.17, 15) is 4.79 Å². The molecule has 0 aromatic heterocycles. The summed E-state index contributed by atoms with van der Waals surface area (Å²) in [6, 6.07) is 7.15. The van der Waals surface area contributed by atoms with Gasteiger partial charge in [-0.25, -0.2) is 9.69 Å². The van der Waals surface area contributed by atoms with Crippen molar-refractivity contribution in [2.45, 2.75) is 33.3 Å². The van der Waals surface area contributed by atoms with Crippen LogP contribution in [0, 0.1) is 0 Å². The van der Waals surface area contributed by atoms with Crippen molar-refractivity contribution in [1.29, 1.82) is 0 Å². The molecule has 0 fully saturated rings. The summed E-state index contributed by atoms with van der Waals surface area (Å²) in [5, 5.41) is 0. The zero-order valence-electron chi connectivity index (χ0n) is 12.6. The van der Waals surface area contributed by atoms with Gasteiger partial charge < -0.3 is 9.47 Å². The number of methoxy groups -OCH3 is 1. The molecule has 4 nitrogen and oxygen atoms in total. The van der Waals surface area contributed by atoms with Gasteiger partial charge in [0, 0.05) is 0 Å². The standard InChI is InChI=1S/C16H21NO3/c1-6-7-12-17(15(18)20-16(2,3)4)13-8-10-14(19-5)11-9-13/h6,8-12H,1-5H3. The molecule has 1 rings (SSSR count). The lowest BCUT2D eigenvalue weighted by molar-refractivity contribution is 0.0596. The summed E-state index contributed by atoms with van der Waals surface area (Å²) < 4.78 is 10.5. The number of anilines is 1. The molecule has 108 valence electrons. The molecular formula is C16H21NO3. The maximum absolute atomic E-state index is 12.2. The number of amides is 1. The Morgan fingerprint density at radius 3 is 2.30 bits per heavy atom. The minimum absolute atomic E-state index is 0.447. The molecule has 0 aliphatic carbocycles. The Morgan fingerprint density at radius 2 is 1.85 bits per heavy atom. The molecule has 0 heterocycles. The van der Waals surface area contributed by atoms with Crippen molar-refractivity contribution < 1.29 is 14.3 Å². The van der Waals surface area contributed by atoms with Crippen molar-refractivity contribution in [1.82, 2.24) is 0 Å². The topological polar surface area (TPSA) is 38.8 Å². The predicted molar refractivity (Wildman–Crippen MR) is 80.0 cm³/mol. The Balaban J connectivity index is 3.05. The Hall–Kier alpha value is -2.19. The second kappa shape index (κ2) is 6.83. The number of carbonyl (C=O) groups is 1. The van der Waals surface area contributed by atoms with Gasteiger partial charge in [-0.15, -0.1) is 5.73 Å². The molecule has 0 saturated heterocycles. The number of hydrogen-bond acceptors (Lipinski definition) is 3. The van der Waals surface area contributed by atoms with Crippen LogP contribution in [-0.2, 0) is 4.74 Å². The summed E-state index contributed by atoms with van der Waals surface area (Å²) in [5.74, 6) is 0.730. The van der Waals surface area contributed by atoms with Gasteiger partial charge in [0.1, 0.15) is 11.4 Å². The Bertz CT molecular complexity index is 506. The van der Waals surface area contributed by atoms with Gasteiger partial charge in [0.05, 0.1) is 19.0 Å². The van der Waals surface area contributed by atoms with Gasteiger partial charge in [0.25, 0.3) is 0 Å². The van der Waals surface area contributed by atoms with Crippen molar-refractivity contribution in [3.8, 4) is 5.75 Å². The van der Waals surface area contributed by atoms with Crippen molar-refractivity contribution >= 4 is 11.8 Å². The average Bonchev–Trinajstić information content (AvgIpc) is 2.38. The fourth-order valence-electron chi connectivity index (χ4n) is 1.44. The number of rotatable bonds is 3. The highest BCUT2D eigenvalue weighted by atomic mass is 16.6. The second-order valence-corrected chi connectivity index (χ2v) is 5.13. The first-order valence-corrected chi connectivity index (χ1v) is 6.41. The first-order chi connectivity index (χ1) is 9.37.